The minimum Gasteiger partial charge on any atom is -0.497 e. The van der Waals surface area contributed by atoms with Crippen molar-refractivity contribution in [2.24, 2.45) is 0 Å². The maximum absolute atomic E-state index is 13.1. The van der Waals surface area contributed by atoms with E-state index in [-0.39, 0.29) is 18.1 Å². The quantitative estimate of drug-likeness (QED) is 0.328. The Labute approximate surface area is 222 Å². The number of para-hydroxylation sites is 1. The number of anilines is 1. The lowest BCUT2D eigenvalue weighted by molar-refractivity contribution is -0.128. The second-order valence-corrected chi connectivity index (χ2v) is 9.66. The first-order valence-corrected chi connectivity index (χ1v) is 13.1. The van der Waals surface area contributed by atoms with Crippen LogP contribution in [0.5, 0.6) is 5.75 Å². The first-order chi connectivity index (χ1) is 18.5. The van der Waals surface area contributed by atoms with Gasteiger partial charge < -0.3 is 19.5 Å². The smallest absolute Gasteiger partial charge is 0.325 e. The summed E-state index contributed by atoms with van der Waals surface area (Å²) in [5, 5.41) is 9.19. The lowest BCUT2D eigenvalue weighted by atomic mass is 10.2. The summed E-state index contributed by atoms with van der Waals surface area (Å²) in [6.45, 7) is 2.86. The molecule has 1 fully saturated rings. The van der Waals surface area contributed by atoms with Gasteiger partial charge in [-0.3, -0.25) is 19.1 Å². The largest absolute Gasteiger partial charge is 0.497 e. The van der Waals surface area contributed by atoms with E-state index in [1.54, 1.807) is 7.11 Å². The molecule has 1 amide bonds. The van der Waals surface area contributed by atoms with Crippen LogP contribution in [0.1, 0.15) is 11.5 Å². The fraction of sp³-hybridized carbons (Fsp3) is 0.269. The Hall–Kier alpha value is -4.32. The van der Waals surface area contributed by atoms with Gasteiger partial charge in [-0.15, -0.1) is 10.2 Å². The van der Waals surface area contributed by atoms with E-state index in [9.17, 15) is 14.4 Å². The molecule has 0 radical (unpaired) electrons. The zero-order chi connectivity index (χ0) is 26.5. The number of carbonyl (C=O) groups excluding carboxylic acids is 1. The normalized spacial score (nSPS) is 13.5. The van der Waals surface area contributed by atoms with Crippen molar-refractivity contribution in [1.29, 1.82) is 0 Å². The van der Waals surface area contributed by atoms with E-state index >= 15 is 0 Å². The van der Waals surface area contributed by atoms with Crippen molar-refractivity contribution in [1.82, 2.24) is 29.6 Å². The molecule has 38 heavy (non-hydrogen) atoms. The van der Waals surface area contributed by atoms with Gasteiger partial charge in [-0.2, -0.15) is 0 Å². The number of nitrogens with one attached hydrogen (secondary N) is 2. The van der Waals surface area contributed by atoms with Gasteiger partial charge in [-0.1, -0.05) is 30.0 Å². The molecule has 4 aromatic rings. The third-order valence-corrected chi connectivity index (χ3v) is 7.19. The highest BCUT2D eigenvalue weighted by Gasteiger charge is 2.23. The maximum Gasteiger partial charge on any atom is 0.325 e. The fourth-order valence-corrected chi connectivity index (χ4v) is 5.23. The van der Waals surface area contributed by atoms with Crippen LogP contribution in [-0.4, -0.2) is 74.6 Å². The van der Waals surface area contributed by atoms with Gasteiger partial charge in [-0.25, -0.2) is 4.79 Å². The van der Waals surface area contributed by atoms with Crippen LogP contribution in [0.3, 0.4) is 0 Å². The minimum absolute atomic E-state index is 0.0347. The van der Waals surface area contributed by atoms with Crippen molar-refractivity contribution in [3.8, 4) is 11.4 Å². The molecule has 0 atom stereocenters. The third-order valence-electron chi connectivity index (χ3n) is 6.27. The molecule has 1 saturated heterocycles. The van der Waals surface area contributed by atoms with Gasteiger partial charge in [0.25, 0.3) is 5.56 Å². The molecule has 0 unspecified atom stereocenters. The summed E-state index contributed by atoms with van der Waals surface area (Å²) >= 11 is 1.30. The first kappa shape index (κ1) is 25.3. The van der Waals surface area contributed by atoms with Gasteiger partial charge in [0.2, 0.25) is 5.91 Å². The van der Waals surface area contributed by atoms with Crippen LogP contribution in [0.15, 0.2) is 75.4 Å². The molecule has 0 saturated carbocycles. The maximum atomic E-state index is 13.1. The zero-order valence-corrected chi connectivity index (χ0v) is 21.6. The molecule has 196 valence electrons. The first-order valence-electron chi connectivity index (χ1n) is 12.1. The number of H-pyrrole nitrogens is 2. The molecule has 0 spiro atoms. The Morgan fingerprint density at radius 2 is 1.68 bits per heavy atom. The summed E-state index contributed by atoms with van der Waals surface area (Å²) in [6.07, 6.45) is 0.175. The lowest BCUT2D eigenvalue weighted by Crippen LogP contribution is -2.49. The molecule has 1 aliphatic rings. The number of nitrogens with zero attached hydrogens (tertiary/aromatic N) is 5. The van der Waals surface area contributed by atoms with E-state index < -0.39 is 11.2 Å². The van der Waals surface area contributed by atoms with E-state index in [1.165, 1.54) is 17.8 Å². The molecule has 2 N–H and O–H groups in total. The van der Waals surface area contributed by atoms with E-state index in [0.717, 1.165) is 24.5 Å². The Morgan fingerprint density at radius 1 is 0.947 bits per heavy atom. The molecule has 0 aliphatic carbocycles. The molecule has 2 aromatic carbocycles. The summed E-state index contributed by atoms with van der Waals surface area (Å²) in [7, 11) is 1.59. The van der Waals surface area contributed by atoms with Gasteiger partial charge in [0, 0.05) is 55.7 Å². The number of thioether (sulfide) groups is 1. The predicted molar refractivity (Wildman–Crippen MR) is 144 cm³/mol. The second kappa shape index (κ2) is 11.4. The Kier molecular flexibility index (Phi) is 7.59. The number of hydrogen-bond donors (Lipinski definition) is 2. The molecular formula is C26H27N7O4S. The average Bonchev–Trinajstić information content (AvgIpc) is 3.33. The van der Waals surface area contributed by atoms with Gasteiger partial charge in [0.15, 0.2) is 5.16 Å². The number of piperazine rings is 1. The third kappa shape index (κ3) is 5.80. The van der Waals surface area contributed by atoms with Crippen LogP contribution in [0.4, 0.5) is 5.69 Å². The number of aromatic nitrogens is 5. The van der Waals surface area contributed by atoms with Crippen LogP contribution in [0, 0.1) is 0 Å². The Morgan fingerprint density at radius 3 is 2.37 bits per heavy atom. The average molecular weight is 534 g/mol. The number of ether oxygens (including phenoxy) is 1. The molecule has 11 nitrogen and oxygen atoms in total. The summed E-state index contributed by atoms with van der Waals surface area (Å²) in [6, 6.07) is 18.9. The lowest BCUT2D eigenvalue weighted by Gasteiger charge is -2.36. The van der Waals surface area contributed by atoms with E-state index in [4.69, 9.17) is 4.74 Å². The monoisotopic (exact) mass is 533 g/mol. The van der Waals surface area contributed by atoms with Crippen LogP contribution in [0.25, 0.3) is 5.69 Å². The van der Waals surface area contributed by atoms with Crippen molar-refractivity contribution in [3.05, 3.63) is 93.0 Å². The predicted octanol–water partition coefficient (Wildman–Crippen LogP) is 1.68. The van der Waals surface area contributed by atoms with Crippen LogP contribution < -0.4 is 20.9 Å². The summed E-state index contributed by atoms with van der Waals surface area (Å²) in [5.41, 5.74) is 1.26. The Bertz CT molecular complexity index is 1480. The number of amides is 1. The SMILES string of the molecule is COc1ccc(-n2c(Cc3cc(=O)[nH]c(=O)[nH]3)nnc2SCC(=O)N2CCN(c3ccccc3)CC2)cc1. The topological polar surface area (TPSA) is 129 Å². The molecule has 2 aromatic heterocycles. The van der Waals surface area contributed by atoms with Crippen LogP contribution in [-0.2, 0) is 11.2 Å². The number of benzene rings is 2. The highest BCUT2D eigenvalue weighted by atomic mass is 32.2. The number of methoxy groups -OCH3 is 1. The summed E-state index contributed by atoms with van der Waals surface area (Å²) < 4.78 is 7.10. The van der Waals surface area contributed by atoms with Crippen molar-refractivity contribution in [3.63, 3.8) is 0 Å². The number of carbonyl (C=O) groups is 1. The van der Waals surface area contributed by atoms with Crippen molar-refractivity contribution >= 4 is 23.4 Å². The fourth-order valence-electron chi connectivity index (χ4n) is 4.35. The molecule has 0 bridgehead atoms. The van der Waals surface area contributed by atoms with E-state index in [1.807, 2.05) is 51.9 Å². The van der Waals surface area contributed by atoms with E-state index in [0.29, 0.717) is 35.5 Å². The second-order valence-electron chi connectivity index (χ2n) is 8.71. The molecule has 3 heterocycles. The van der Waals surface area contributed by atoms with Crippen LogP contribution in [0.2, 0.25) is 0 Å². The molecule has 5 rings (SSSR count). The molecule has 1 aliphatic heterocycles. The molecular weight excluding hydrogens is 506 g/mol. The van der Waals surface area contributed by atoms with Gasteiger partial charge in [0.1, 0.15) is 11.6 Å². The van der Waals surface area contributed by atoms with E-state index in [2.05, 4.69) is 37.2 Å². The Balaban J connectivity index is 1.31. The zero-order valence-electron chi connectivity index (χ0n) is 20.8. The van der Waals surface area contributed by atoms with Crippen molar-refractivity contribution in [2.75, 3.05) is 43.9 Å². The number of hydrogen-bond acceptors (Lipinski definition) is 8. The minimum atomic E-state index is -0.587. The number of rotatable bonds is 8. The van der Waals surface area contributed by atoms with Crippen LogP contribution >= 0.6 is 11.8 Å². The van der Waals surface area contributed by atoms with Gasteiger partial charge in [0.05, 0.1) is 12.9 Å². The van der Waals surface area contributed by atoms with Gasteiger partial charge in [-0.05, 0) is 36.4 Å². The van der Waals surface area contributed by atoms with Crippen molar-refractivity contribution in [2.45, 2.75) is 11.6 Å². The highest BCUT2D eigenvalue weighted by molar-refractivity contribution is 7.99. The molecule has 12 heteroatoms. The summed E-state index contributed by atoms with van der Waals surface area (Å²) in [4.78, 5) is 45.5. The standard InChI is InChI=1S/C26H27N7O4S/c1-37-21-9-7-20(8-10-21)33-22(15-18-16-23(34)28-25(36)27-18)29-30-26(33)38-17-24(35)32-13-11-31(12-14-32)19-5-3-2-4-6-19/h2-10,16H,11-15,17H2,1H3,(H2,27,28,34,36). The highest BCUT2D eigenvalue weighted by Crippen LogP contribution is 2.25. The van der Waals surface area contributed by atoms with Crippen molar-refractivity contribution < 1.29 is 9.53 Å². The van der Waals surface area contributed by atoms with Gasteiger partial charge >= 0.3 is 5.69 Å². The summed E-state index contributed by atoms with van der Waals surface area (Å²) in [5.74, 6) is 1.46. The number of aromatic amines is 2.